The second-order valence-electron chi connectivity index (χ2n) is 5.65. The fourth-order valence-electron chi connectivity index (χ4n) is 2.73. The lowest BCUT2D eigenvalue weighted by Crippen LogP contribution is -2.26. The summed E-state index contributed by atoms with van der Waals surface area (Å²) in [5.74, 6) is 0. The lowest BCUT2D eigenvalue weighted by Gasteiger charge is -2.20. The third kappa shape index (κ3) is 4.13. The van der Waals surface area contributed by atoms with Crippen molar-refractivity contribution in [1.29, 1.82) is 0 Å². The van der Waals surface area contributed by atoms with Gasteiger partial charge < -0.3 is 15.1 Å². The van der Waals surface area contributed by atoms with Crippen LogP contribution >= 0.6 is 0 Å². The Balaban J connectivity index is 1.95. The van der Waals surface area contributed by atoms with Gasteiger partial charge in [0, 0.05) is 38.1 Å². The van der Waals surface area contributed by atoms with Gasteiger partial charge in [0.05, 0.1) is 0 Å². The van der Waals surface area contributed by atoms with Gasteiger partial charge in [0.1, 0.15) is 0 Å². The number of benzene rings is 1. The fourth-order valence-corrected chi connectivity index (χ4v) is 2.73. The van der Waals surface area contributed by atoms with Crippen LogP contribution in [-0.2, 0) is 0 Å². The lowest BCUT2D eigenvalue weighted by molar-refractivity contribution is 0.300. The molecule has 1 N–H and O–H groups in total. The van der Waals surface area contributed by atoms with E-state index in [4.69, 9.17) is 0 Å². The van der Waals surface area contributed by atoms with Gasteiger partial charge in [0.2, 0.25) is 0 Å². The molecule has 1 aromatic rings. The quantitative estimate of drug-likeness (QED) is 0.899. The van der Waals surface area contributed by atoms with Gasteiger partial charge in [-0.25, -0.2) is 0 Å². The van der Waals surface area contributed by atoms with Crippen LogP contribution in [-0.4, -0.2) is 44.7 Å². The van der Waals surface area contributed by atoms with Crippen LogP contribution in [0.5, 0.6) is 0 Å². The zero-order valence-corrected chi connectivity index (χ0v) is 12.5. The van der Waals surface area contributed by atoms with Crippen molar-refractivity contribution in [2.45, 2.75) is 32.2 Å². The topological polar surface area (TPSA) is 18.5 Å². The predicted molar refractivity (Wildman–Crippen MR) is 84.1 cm³/mol. The molecule has 106 valence electrons. The molecule has 0 spiro atoms. The maximum atomic E-state index is 3.71. The van der Waals surface area contributed by atoms with E-state index < -0.39 is 0 Å². The normalized spacial score (nSPS) is 20.9. The SMILES string of the molecule is CCN1CCCC(Nc2cccc(N(C)C)c2)CC1. The molecule has 0 radical (unpaired) electrons. The zero-order valence-electron chi connectivity index (χ0n) is 12.5. The van der Waals surface area contributed by atoms with Crippen molar-refractivity contribution < 1.29 is 0 Å². The summed E-state index contributed by atoms with van der Waals surface area (Å²) >= 11 is 0. The second-order valence-corrected chi connectivity index (χ2v) is 5.65. The molecular weight excluding hydrogens is 234 g/mol. The largest absolute Gasteiger partial charge is 0.382 e. The van der Waals surface area contributed by atoms with Gasteiger partial charge in [-0.05, 0) is 50.6 Å². The van der Waals surface area contributed by atoms with Crippen molar-refractivity contribution in [1.82, 2.24) is 4.90 Å². The van der Waals surface area contributed by atoms with Gasteiger partial charge >= 0.3 is 0 Å². The van der Waals surface area contributed by atoms with E-state index in [2.05, 4.69) is 60.4 Å². The first-order chi connectivity index (χ1) is 9.19. The van der Waals surface area contributed by atoms with Gasteiger partial charge in [-0.15, -0.1) is 0 Å². The van der Waals surface area contributed by atoms with Crippen LogP contribution in [0.25, 0.3) is 0 Å². The Hall–Kier alpha value is -1.22. The molecule has 0 bridgehead atoms. The minimum atomic E-state index is 0.619. The summed E-state index contributed by atoms with van der Waals surface area (Å²) in [6, 6.07) is 9.32. The van der Waals surface area contributed by atoms with E-state index in [-0.39, 0.29) is 0 Å². The van der Waals surface area contributed by atoms with Gasteiger partial charge in [-0.2, -0.15) is 0 Å². The van der Waals surface area contributed by atoms with E-state index in [0.29, 0.717) is 6.04 Å². The highest BCUT2D eigenvalue weighted by Crippen LogP contribution is 2.21. The summed E-state index contributed by atoms with van der Waals surface area (Å²) in [5.41, 5.74) is 2.51. The number of nitrogens with zero attached hydrogens (tertiary/aromatic N) is 2. The molecule has 1 heterocycles. The number of rotatable bonds is 4. The van der Waals surface area contributed by atoms with Crippen LogP contribution in [0.4, 0.5) is 11.4 Å². The molecule has 19 heavy (non-hydrogen) atoms. The molecule has 3 nitrogen and oxygen atoms in total. The zero-order chi connectivity index (χ0) is 13.7. The second kappa shape index (κ2) is 6.80. The van der Waals surface area contributed by atoms with Gasteiger partial charge in [0.15, 0.2) is 0 Å². The summed E-state index contributed by atoms with van der Waals surface area (Å²) < 4.78 is 0. The van der Waals surface area contributed by atoms with Crippen LogP contribution in [0.2, 0.25) is 0 Å². The highest BCUT2D eigenvalue weighted by Gasteiger charge is 2.15. The van der Waals surface area contributed by atoms with Crippen LogP contribution < -0.4 is 10.2 Å². The van der Waals surface area contributed by atoms with E-state index in [1.807, 2.05) is 0 Å². The molecule has 0 saturated carbocycles. The Morgan fingerprint density at radius 1 is 1.26 bits per heavy atom. The Morgan fingerprint density at radius 3 is 2.84 bits per heavy atom. The lowest BCUT2D eigenvalue weighted by atomic mass is 10.1. The Morgan fingerprint density at radius 2 is 2.11 bits per heavy atom. The summed E-state index contributed by atoms with van der Waals surface area (Å²) in [5, 5.41) is 3.71. The molecule has 1 saturated heterocycles. The number of nitrogens with one attached hydrogen (secondary N) is 1. The van der Waals surface area contributed by atoms with Crippen molar-refractivity contribution in [2.24, 2.45) is 0 Å². The Kier molecular flexibility index (Phi) is 5.08. The van der Waals surface area contributed by atoms with E-state index in [0.717, 1.165) is 0 Å². The first-order valence-corrected chi connectivity index (χ1v) is 7.45. The van der Waals surface area contributed by atoms with Crippen molar-refractivity contribution in [3.8, 4) is 0 Å². The van der Waals surface area contributed by atoms with Crippen LogP contribution in [0.15, 0.2) is 24.3 Å². The molecule has 1 aliphatic heterocycles. The van der Waals surface area contributed by atoms with Crippen molar-refractivity contribution in [3.05, 3.63) is 24.3 Å². The summed E-state index contributed by atoms with van der Waals surface area (Å²) in [6.45, 7) is 5.92. The standard InChI is InChI=1S/C16H27N3/c1-4-19-11-6-8-14(10-12-19)17-15-7-5-9-16(13-15)18(2)3/h5,7,9,13-14,17H,4,6,8,10-12H2,1-3H3. The van der Waals surface area contributed by atoms with Crippen LogP contribution in [0.1, 0.15) is 26.2 Å². The molecule has 3 heteroatoms. The maximum absolute atomic E-state index is 3.71. The van der Waals surface area contributed by atoms with Crippen molar-refractivity contribution >= 4 is 11.4 Å². The molecule has 1 aromatic carbocycles. The number of hydrogen-bond acceptors (Lipinski definition) is 3. The van der Waals surface area contributed by atoms with Crippen LogP contribution in [0.3, 0.4) is 0 Å². The molecular formula is C16H27N3. The number of hydrogen-bond donors (Lipinski definition) is 1. The summed E-state index contributed by atoms with van der Waals surface area (Å²) in [6.07, 6.45) is 3.83. The van der Waals surface area contributed by atoms with Gasteiger partial charge in [-0.1, -0.05) is 13.0 Å². The third-order valence-electron chi connectivity index (χ3n) is 4.00. The first kappa shape index (κ1) is 14.2. The summed E-state index contributed by atoms with van der Waals surface area (Å²) in [7, 11) is 4.17. The first-order valence-electron chi connectivity index (χ1n) is 7.45. The van der Waals surface area contributed by atoms with Gasteiger partial charge in [0.25, 0.3) is 0 Å². The van der Waals surface area contributed by atoms with Crippen molar-refractivity contribution in [3.63, 3.8) is 0 Å². The predicted octanol–water partition coefficient (Wildman–Crippen LogP) is 3.04. The molecule has 1 fully saturated rings. The number of likely N-dealkylation sites (tertiary alicyclic amines) is 1. The summed E-state index contributed by atoms with van der Waals surface area (Å²) in [4.78, 5) is 4.70. The van der Waals surface area contributed by atoms with E-state index >= 15 is 0 Å². The monoisotopic (exact) mass is 261 g/mol. The Labute approximate surface area is 117 Å². The van der Waals surface area contributed by atoms with Crippen molar-refractivity contribution in [2.75, 3.05) is 43.9 Å². The molecule has 0 aromatic heterocycles. The maximum Gasteiger partial charge on any atom is 0.0381 e. The molecule has 0 aliphatic carbocycles. The Bertz CT molecular complexity index is 389. The molecule has 1 unspecified atom stereocenters. The number of anilines is 2. The van der Waals surface area contributed by atoms with Gasteiger partial charge in [-0.3, -0.25) is 0 Å². The average molecular weight is 261 g/mol. The highest BCUT2D eigenvalue weighted by molar-refractivity contribution is 5.57. The van der Waals surface area contributed by atoms with E-state index in [1.165, 1.54) is 50.3 Å². The minimum Gasteiger partial charge on any atom is -0.382 e. The molecule has 1 aliphatic rings. The molecule has 2 rings (SSSR count). The smallest absolute Gasteiger partial charge is 0.0381 e. The molecule has 1 atom stereocenters. The third-order valence-corrected chi connectivity index (χ3v) is 4.00. The molecule has 0 amide bonds. The van der Waals surface area contributed by atoms with E-state index in [1.54, 1.807) is 0 Å². The van der Waals surface area contributed by atoms with Crippen LogP contribution in [0, 0.1) is 0 Å². The highest BCUT2D eigenvalue weighted by atomic mass is 15.1. The minimum absolute atomic E-state index is 0.619. The van der Waals surface area contributed by atoms with E-state index in [9.17, 15) is 0 Å². The average Bonchev–Trinajstić information content (AvgIpc) is 2.64. The fraction of sp³-hybridized carbons (Fsp3) is 0.625.